The van der Waals surface area contributed by atoms with Crippen molar-refractivity contribution in [3.05, 3.63) is 47.2 Å². The van der Waals surface area contributed by atoms with Crippen LogP contribution in [-0.4, -0.2) is 4.40 Å². The second-order valence-corrected chi connectivity index (χ2v) is 2.78. The van der Waals surface area contributed by atoms with E-state index in [2.05, 4.69) is 0 Å². The molecule has 0 spiro atoms. The third kappa shape index (κ3) is 1.05. The Kier molecular flexibility index (Phi) is 1.47. The summed E-state index contributed by atoms with van der Waals surface area (Å²) in [5.41, 5.74) is 1.14. The van der Waals surface area contributed by atoms with Crippen LogP contribution in [0.5, 0.6) is 0 Å². The molecular weight excluding hydrogens is 154 g/mol. The van der Waals surface area contributed by atoms with E-state index in [1.54, 1.807) is 0 Å². The van der Waals surface area contributed by atoms with Gasteiger partial charge < -0.3 is 4.40 Å². The first-order chi connectivity index (χ1) is 5.38. The molecule has 1 nitrogen and oxygen atoms in total. The summed E-state index contributed by atoms with van der Waals surface area (Å²) < 4.78 is 2.83. The van der Waals surface area contributed by atoms with E-state index in [-0.39, 0.29) is 0 Å². The highest BCUT2D eigenvalue weighted by Crippen LogP contribution is 2.02. The molecule has 2 heteroatoms. The van der Waals surface area contributed by atoms with Gasteiger partial charge in [-0.1, -0.05) is 24.4 Å². The molecule has 0 radical (unpaired) electrons. The van der Waals surface area contributed by atoms with Gasteiger partial charge in [-0.3, -0.25) is 0 Å². The summed E-state index contributed by atoms with van der Waals surface area (Å²) in [6, 6.07) is 11.9. The van der Waals surface area contributed by atoms with E-state index in [4.69, 9.17) is 12.2 Å². The molecule has 0 aliphatic carbocycles. The topological polar surface area (TPSA) is 4.41 Å². The summed E-state index contributed by atoms with van der Waals surface area (Å²) in [4.78, 5) is 0. The number of pyridine rings is 2. The summed E-state index contributed by atoms with van der Waals surface area (Å²) in [6.45, 7) is 0. The fourth-order valence-electron chi connectivity index (χ4n) is 1.10. The smallest absolute Gasteiger partial charge is 0.110 e. The number of nitrogens with zero attached hydrogens (tertiary/aromatic N) is 1. The Hall–Kier alpha value is -1.15. The van der Waals surface area contributed by atoms with Crippen LogP contribution in [0.2, 0.25) is 0 Å². The molecule has 0 fully saturated rings. The second kappa shape index (κ2) is 2.47. The van der Waals surface area contributed by atoms with Gasteiger partial charge in [-0.15, -0.1) is 0 Å². The molecule has 0 amide bonds. The van der Waals surface area contributed by atoms with Crippen LogP contribution < -0.4 is 0 Å². The van der Waals surface area contributed by atoms with Crippen molar-refractivity contribution >= 4 is 17.7 Å². The first kappa shape index (κ1) is 6.55. The van der Waals surface area contributed by atoms with Crippen LogP contribution in [0.25, 0.3) is 5.52 Å². The van der Waals surface area contributed by atoms with E-state index < -0.39 is 0 Å². The first-order valence-corrected chi connectivity index (χ1v) is 3.85. The molecule has 2 rings (SSSR count). The maximum Gasteiger partial charge on any atom is 0.110 e. The Morgan fingerprint density at radius 2 is 1.82 bits per heavy atom. The Bertz CT molecular complexity index is 425. The van der Waals surface area contributed by atoms with E-state index in [1.165, 1.54) is 0 Å². The number of aromatic nitrogens is 1. The summed E-state index contributed by atoms with van der Waals surface area (Å²) in [6.07, 6.45) is 1.97. The fraction of sp³-hybridized carbons (Fsp3) is 0. The fourth-order valence-corrected chi connectivity index (χ4v) is 1.35. The molecule has 0 unspecified atom stereocenters. The number of fused-ring (bicyclic) bond motifs is 1. The minimum atomic E-state index is 0.850. The van der Waals surface area contributed by atoms with E-state index in [1.807, 2.05) is 47.0 Å². The molecule has 0 saturated heterocycles. The first-order valence-electron chi connectivity index (χ1n) is 3.44. The molecule has 0 atom stereocenters. The predicted molar refractivity (Wildman–Crippen MR) is 48.2 cm³/mol. The van der Waals surface area contributed by atoms with E-state index in [0.717, 1.165) is 10.2 Å². The van der Waals surface area contributed by atoms with Crippen molar-refractivity contribution in [2.45, 2.75) is 0 Å². The van der Waals surface area contributed by atoms with Gasteiger partial charge in [0.2, 0.25) is 0 Å². The Morgan fingerprint density at radius 1 is 1.00 bits per heavy atom. The number of rotatable bonds is 0. The summed E-state index contributed by atoms with van der Waals surface area (Å²) in [5, 5.41) is 0. The molecule has 2 aromatic rings. The zero-order valence-electron chi connectivity index (χ0n) is 5.90. The van der Waals surface area contributed by atoms with Crippen LogP contribution in [-0.2, 0) is 0 Å². The van der Waals surface area contributed by atoms with Crippen LogP contribution in [0.4, 0.5) is 0 Å². The van der Waals surface area contributed by atoms with E-state index >= 15 is 0 Å². The highest BCUT2D eigenvalue weighted by Gasteiger charge is 1.86. The van der Waals surface area contributed by atoms with Gasteiger partial charge in [0.25, 0.3) is 0 Å². The van der Waals surface area contributed by atoms with Gasteiger partial charge in [-0.2, -0.15) is 0 Å². The summed E-state index contributed by atoms with van der Waals surface area (Å²) >= 11 is 5.12. The molecule has 11 heavy (non-hydrogen) atoms. The van der Waals surface area contributed by atoms with Crippen LogP contribution in [0.15, 0.2) is 42.6 Å². The summed E-state index contributed by atoms with van der Waals surface area (Å²) in [5.74, 6) is 0. The Labute approximate surface area is 69.9 Å². The van der Waals surface area contributed by atoms with Crippen LogP contribution in [0.1, 0.15) is 0 Å². The molecule has 0 aromatic carbocycles. The largest absolute Gasteiger partial charge is 0.308 e. The molecular formula is C9H7NS. The SMILES string of the molecule is S=c1cccc2ccccn12. The maximum absolute atomic E-state index is 5.12. The molecule has 0 aliphatic heterocycles. The van der Waals surface area contributed by atoms with Crippen molar-refractivity contribution < 1.29 is 0 Å². The number of hydrogen-bond donors (Lipinski definition) is 0. The van der Waals surface area contributed by atoms with Crippen molar-refractivity contribution in [2.75, 3.05) is 0 Å². The highest BCUT2D eigenvalue weighted by atomic mass is 32.1. The minimum absolute atomic E-state index is 0.850. The normalized spacial score (nSPS) is 10.2. The van der Waals surface area contributed by atoms with Gasteiger partial charge in [0, 0.05) is 11.7 Å². The average Bonchev–Trinajstić information content (AvgIpc) is 2.06. The Morgan fingerprint density at radius 3 is 2.64 bits per heavy atom. The third-order valence-corrected chi connectivity index (χ3v) is 1.97. The second-order valence-electron chi connectivity index (χ2n) is 2.36. The molecule has 2 heterocycles. The lowest BCUT2D eigenvalue weighted by molar-refractivity contribution is 1.14. The van der Waals surface area contributed by atoms with Crippen molar-refractivity contribution in [1.29, 1.82) is 0 Å². The highest BCUT2D eigenvalue weighted by molar-refractivity contribution is 7.71. The van der Waals surface area contributed by atoms with Gasteiger partial charge in [0.05, 0.1) is 0 Å². The van der Waals surface area contributed by atoms with E-state index in [0.29, 0.717) is 0 Å². The third-order valence-electron chi connectivity index (χ3n) is 1.63. The summed E-state index contributed by atoms with van der Waals surface area (Å²) in [7, 11) is 0. The van der Waals surface area contributed by atoms with Crippen LogP contribution >= 0.6 is 12.2 Å². The Balaban J connectivity index is 3.03. The van der Waals surface area contributed by atoms with Crippen molar-refractivity contribution in [1.82, 2.24) is 4.40 Å². The van der Waals surface area contributed by atoms with E-state index in [9.17, 15) is 0 Å². The molecule has 0 aliphatic rings. The molecule has 0 saturated carbocycles. The van der Waals surface area contributed by atoms with Crippen LogP contribution in [0.3, 0.4) is 0 Å². The van der Waals surface area contributed by atoms with Gasteiger partial charge in [0.15, 0.2) is 0 Å². The zero-order chi connectivity index (χ0) is 7.68. The lowest BCUT2D eigenvalue weighted by Crippen LogP contribution is -1.86. The van der Waals surface area contributed by atoms with Gasteiger partial charge in [-0.05, 0) is 24.3 Å². The van der Waals surface area contributed by atoms with Gasteiger partial charge in [0.1, 0.15) is 4.64 Å². The minimum Gasteiger partial charge on any atom is -0.308 e. The molecule has 54 valence electrons. The van der Waals surface area contributed by atoms with Crippen molar-refractivity contribution in [3.63, 3.8) is 0 Å². The molecule has 0 bridgehead atoms. The zero-order valence-corrected chi connectivity index (χ0v) is 6.71. The quantitative estimate of drug-likeness (QED) is 0.537. The molecule has 0 N–H and O–H groups in total. The number of hydrogen-bond acceptors (Lipinski definition) is 1. The maximum atomic E-state index is 5.12. The van der Waals surface area contributed by atoms with Crippen molar-refractivity contribution in [3.8, 4) is 0 Å². The van der Waals surface area contributed by atoms with Crippen LogP contribution in [0, 0.1) is 4.64 Å². The van der Waals surface area contributed by atoms with Crippen molar-refractivity contribution in [2.24, 2.45) is 0 Å². The lowest BCUT2D eigenvalue weighted by Gasteiger charge is -1.97. The van der Waals surface area contributed by atoms with Gasteiger partial charge in [-0.25, -0.2) is 0 Å². The standard InChI is InChI=1S/C9H7NS/c11-9-6-3-5-8-4-1-2-7-10(8)9/h1-7H. The average molecular weight is 161 g/mol. The monoisotopic (exact) mass is 161 g/mol. The van der Waals surface area contributed by atoms with Gasteiger partial charge >= 0.3 is 0 Å². The molecule has 2 aromatic heterocycles. The predicted octanol–water partition coefficient (Wildman–Crippen LogP) is 2.67. The lowest BCUT2D eigenvalue weighted by atomic mass is 10.3.